The van der Waals surface area contributed by atoms with Gasteiger partial charge >= 0.3 is 0 Å². The molecule has 0 saturated heterocycles. The number of thiophene rings is 1. The average molecular weight is 343 g/mol. The van der Waals surface area contributed by atoms with Crippen molar-refractivity contribution in [3.63, 3.8) is 0 Å². The standard InChI is InChI=1S/C14H16BrFN2S/c1-9-12(15)7-14(19-9)13(8-17)18(2)11-5-3-4-10(16)6-11/h3-7,13H,8,17H2,1-2H3. The fraction of sp³-hybridized carbons (Fsp3) is 0.286. The number of likely N-dealkylation sites (N-methyl/N-ethyl adjacent to an activating group) is 1. The summed E-state index contributed by atoms with van der Waals surface area (Å²) in [5.74, 6) is -0.233. The minimum Gasteiger partial charge on any atom is -0.365 e. The molecule has 0 fully saturated rings. The highest BCUT2D eigenvalue weighted by molar-refractivity contribution is 9.10. The lowest BCUT2D eigenvalue weighted by Crippen LogP contribution is -2.29. The molecule has 102 valence electrons. The molecule has 1 unspecified atom stereocenters. The van der Waals surface area contributed by atoms with Gasteiger partial charge in [0.1, 0.15) is 5.82 Å². The van der Waals surface area contributed by atoms with Crippen LogP contribution in [0.4, 0.5) is 10.1 Å². The summed E-state index contributed by atoms with van der Waals surface area (Å²) < 4.78 is 14.4. The molecule has 2 N–H and O–H groups in total. The van der Waals surface area contributed by atoms with Crippen LogP contribution in [0.15, 0.2) is 34.8 Å². The molecule has 0 saturated carbocycles. The van der Waals surface area contributed by atoms with E-state index in [0.717, 1.165) is 10.2 Å². The smallest absolute Gasteiger partial charge is 0.125 e. The quantitative estimate of drug-likeness (QED) is 0.906. The van der Waals surface area contributed by atoms with Crippen LogP contribution in [-0.2, 0) is 0 Å². The molecule has 0 aliphatic heterocycles. The lowest BCUT2D eigenvalue weighted by molar-refractivity contribution is 0.624. The summed E-state index contributed by atoms with van der Waals surface area (Å²) >= 11 is 5.23. The van der Waals surface area contributed by atoms with Crippen LogP contribution in [0.25, 0.3) is 0 Å². The van der Waals surface area contributed by atoms with Crippen LogP contribution < -0.4 is 10.6 Å². The van der Waals surface area contributed by atoms with Gasteiger partial charge in [-0.05, 0) is 47.1 Å². The van der Waals surface area contributed by atoms with Crippen LogP contribution in [-0.4, -0.2) is 13.6 Å². The number of benzene rings is 1. The van der Waals surface area contributed by atoms with E-state index in [-0.39, 0.29) is 11.9 Å². The van der Waals surface area contributed by atoms with Crippen molar-refractivity contribution >= 4 is 33.0 Å². The molecular weight excluding hydrogens is 327 g/mol. The van der Waals surface area contributed by atoms with E-state index < -0.39 is 0 Å². The predicted octanol–water partition coefficient (Wildman–Crippen LogP) is 4.09. The number of hydrogen-bond acceptors (Lipinski definition) is 3. The summed E-state index contributed by atoms with van der Waals surface area (Å²) in [7, 11) is 1.94. The second-order valence-electron chi connectivity index (χ2n) is 4.40. The molecule has 5 heteroatoms. The lowest BCUT2D eigenvalue weighted by atomic mass is 10.2. The first kappa shape index (κ1) is 14.5. The Balaban J connectivity index is 2.31. The maximum absolute atomic E-state index is 13.3. The molecule has 0 bridgehead atoms. The van der Waals surface area contributed by atoms with E-state index in [1.54, 1.807) is 17.4 Å². The third-order valence-electron chi connectivity index (χ3n) is 3.11. The molecule has 2 aromatic rings. The highest BCUT2D eigenvalue weighted by Crippen LogP contribution is 2.34. The maximum atomic E-state index is 13.3. The largest absolute Gasteiger partial charge is 0.365 e. The Labute approximate surface area is 125 Å². The fourth-order valence-electron chi connectivity index (χ4n) is 1.99. The second kappa shape index (κ2) is 6.03. The Hall–Kier alpha value is -0.910. The lowest BCUT2D eigenvalue weighted by Gasteiger charge is -2.28. The highest BCUT2D eigenvalue weighted by atomic mass is 79.9. The Morgan fingerprint density at radius 2 is 2.16 bits per heavy atom. The van der Waals surface area contributed by atoms with E-state index in [2.05, 4.69) is 28.9 Å². The van der Waals surface area contributed by atoms with Gasteiger partial charge in [0.05, 0.1) is 6.04 Å². The SMILES string of the molecule is Cc1sc(C(CN)N(C)c2cccc(F)c2)cc1Br. The average Bonchev–Trinajstić information content (AvgIpc) is 2.70. The minimum absolute atomic E-state index is 0.0526. The van der Waals surface area contributed by atoms with Gasteiger partial charge in [0.2, 0.25) is 0 Å². The molecule has 0 aliphatic rings. The zero-order valence-electron chi connectivity index (χ0n) is 10.9. The normalized spacial score (nSPS) is 12.5. The van der Waals surface area contributed by atoms with Gasteiger partial charge in [0.15, 0.2) is 0 Å². The number of aryl methyl sites for hydroxylation is 1. The highest BCUT2D eigenvalue weighted by Gasteiger charge is 2.19. The topological polar surface area (TPSA) is 29.3 Å². The molecule has 1 heterocycles. The number of nitrogens with two attached hydrogens (primary N) is 1. The van der Waals surface area contributed by atoms with Crippen molar-refractivity contribution in [3.8, 4) is 0 Å². The van der Waals surface area contributed by atoms with Crippen molar-refractivity contribution in [2.75, 3.05) is 18.5 Å². The molecule has 1 atom stereocenters. The second-order valence-corrected chi connectivity index (χ2v) is 6.54. The van der Waals surface area contributed by atoms with Gasteiger partial charge in [-0.1, -0.05) is 6.07 Å². The summed E-state index contributed by atoms with van der Waals surface area (Å²) in [5, 5.41) is 0. The van der Waals surface area contributed by atoms with Crippen LogP contribution >= 0.6 is 27.3 Å². The van der Waals surface area contributed by atoms with Crippen molar-refractivity contribution in [1.29, 1.82) is 0 Å². The van der Waals surface area contributed by atoms with Crippen LogP contribution in [0.5, 0.6) is 0 Å². The Bertz CT molecular complexity index is 551. The molecule has 2 nitrogen and oxygen atoms in total. The first-order valence-corrected chi connectivity index (χ1v) is 7.58. The number of anilines is 1. The number of halogens is 2. The van der Waals surface area contributed by atoms with Crippen LogP contribution in [0, 0.1) is 12.7 Å². The molecule has 0 amide bonds. The molecule has 0 spiro atoms. The summed E-state index contributed by atoms with van der Waals surface area (Å²) in [6, 6.07) is 8.72. The summed E-state index contributed by atoms with van der Waals surface area (Å²) in [4.78, 5) is 4.42. The van der Waals surface area contributed by atoms with Gasteiger partial charge in [-0.3, -0.25) is 0 Å². The van der Waals surface area contributed by atoms with Gasteiger partial charge in [-0.25, -0.2) is 4.39 Å². The Morgan fingerprint density at radius 3 is 2.68 bits per heavy atom. The molecule has 0 aliphatic carbocycles. The predicted molar refractivity (Wildman–Crippen MR) is 83.4 cm³/mol. The number of nitrogens with zero attached hydrogens (tertiary/aromatic N) is 1. The van der Waals surface area contributed by atoms with Crippen LogP contribution in [0.3, 0.4) is 0 Å². The van der Waals surface area contributed by atoms with Crippen molar-refractivity contribution in [2.45, 2.75) is 13.0 Å². The summed E-state index contributed by atoms with van der Waals surface area (Å²) in [6.45, 7) is 2.55. The van der Waals surface area contributed by atoms with Crippen molar-refractivity contribution < 1.29 is 4.39 Å². The van der Waals surface area contributed by atoms with Gasteiger partial charge < -0.3 is 10.6 Å². The molecular formula is C14H16BrFN2S. The van der Waals surface area contributed by atoms with E-state index in [0.29, 0.717) is 6.54 Å². The van der Waals surface area contributed by atoms with E-state index in [1.165, 1.54) is 21.9 Å². The number of hydrogen-bond donors (Lipinski definition) is 1. The number of rotatable bonds is 4. The van der Waals surface area contributed by atoms with Gasteiger partial charge in [0, 0.05) is 33.5 Å². The molecule has 1 aromatic carbocycles. The van der Waals surface area contributed by atoms with Crippen LogP contribution in [0.2, 0.25) is 0 Å². The zero-order chi connectivity index (χ0) is 14.0. The zero-order valence-corrected chi connectivity index (χ0v) is 13.3. The minimum atomic E-state index is -0.233. The molecule has 2 rings (SSSR count). The van der Waals surface area contributed by atoms with Crippen molar-refractivity contribution in [2.24, 2.45) is 5.73 Å². The Kier molecular flexibility index (Phi) is 4.60. The monoisotopic (exact) mass is 342 g/mol. The van der Waals surface area contributed by atoms with Crippen molar-refractivity contribution in [3.05, 3.63) is 50.4 Å². The summed E-state index contributed by atoms with van der Waals surface area (Å²) in [6.07, 6.45) is 0. The Morgan fingerprint density at radius 1 is 1.42 bits per heavy atom. The first-order chi connectivity index (χ1) is 9.02. The van der Waals surface area contributed by atoms with E-state index >= 15 is 0 Å². The van der Waals surface area contributed by atoms with E-state index in [4.69, 9.17) is 5.73 Å². The molecule has 0 radical (unpaired) electrons. The van der Waals surface area contributed by atoms with Gasteiger partial charge in [-0.15, -0.1) is 11.3 Å². The van der Waals surface area contributed by atoms with E-state index in [1.807, 2.05) is 18.0 Å². The molecule has 1 aromatic heterocycles. The summed E-state index contributed by atoms with van der Waals surface area (Å²) in [5.41, 5.74) is 6.73. The maximum Gasteiger partial charge on any atom is 0.125 e. The third kappa shape index (κ3) is 3.16. The van der Waals surface area contributed by atoms with Crippen LogP contribution in [0.1, 0.15) is 15.8 Å². The third-order valence-corrected chi connectivity index (χ3v) is 5.35. The first-order valence-electron chi connectivity index (χ1n) is 5.97. The van der Waals surface area contributed by atoms with Gasteiger partial charge in [-0.2, -0.15) is 0 Å². The fourth-order valence-corrected chi connectivity index (χ4v) is 3.70. The molecule has 19 heavy (non-hydrogen) atoms. The van der Waals surface area contributed by atoms with Crippen molar-refractivity contribution in [1.82, 2.24) is 0 Å². The van der Waals surface area contributed by atoms with E-state index in [9.17, 15) is 4.39 Å². The van der Waals surface area contributed by atoms with Gasteiger partial charge in [0.25, 0.3) is 0 Å².